The van der Waals surface area contributed by atoms with Crippen molar-refractivity contribution >= 4 is 29.1 Å². The summed E-state index contributed by atoms with van der Waals surface area (Å²) in [6.07, 6.45) is 1.63. The number of hydrogen-bond donors (Lipinski definition) is 1. The molecule has 0 unspecified atom stereocenters. The lowest BCUT2D eigenvalue weighted by Gasteiger charge is -2.16. The Morgan fingerprint density at radius 2 is 2.29 bits per heavy atom. The highest BCUT2D eigenvalue weighted by Gasteiger charge is 2.20. The Hall–Kier alpha value is -2.34. The average molecular weight is 348 g/mol. The molecule has 1 aromatic carbocycles. The molecule has 126 valence electrons. The Kier molecular flexibility index (Phi) is 4.85. The van der Waals surface area contributed by atoms with E-state index in [1.807, 2.05) is 29.2 Å². The zero-order valence-electron chi connectivity index (χ0n) is 13.3. The van der Waals surface area contributed by atoms with Gasteiger partial charge in [-0.15, -0.1) is 0 Å². The molecule has 1 fully saturated rings. The van der Waals surface area contributed by atoms with Crippen molar-refractivity contribution in [3.05, 3.63) is 46.3 Å². The van der Waals surface area contributed by atoms with Crippen molar-refractivity contribution in [2.75, 3.05) is 11.9 Å². The second-order valence-corrected chi connectivity index (χ2v) is 6.21. The van der Waals surface area contributed by atoms with Crippen LogP contribution in [0.15, 0.2) is 28.8 Å². The maximum Gasteiger partial charge on any atom is 0.229 e. The van der Waals surface area contributed by atoms with Crippen molar-refractivity contribution in [1.82, 2.24) is 10.1 Å². The molecule has 2 heterocycles. The molecule has 3 rings (SSSR count). The third-order valence-electron chi connectivity index (χ3n) is 4.03. The van der Waals surface area contributed by atoms with Crippen LogP contribution in [0.1, 0.15) is 29.7 Å². The van der Waals surface area contributed by atoms with E-state index in [1.54, 1.807) is 6.92 Å². The highest BCUT2D eigenvalue weighted by molar-refractivity contribution is 6.29. The number of amides is 2. The van der Waals surface area contributed by atoms with E-state index in [9.17, 15) is 9.59 Å². The molecule has 2 aromatic rings. The van der Waals surface area contributed by atoms with Crippen molar-refractivity contribution in [2.45, 2.75) is 32.7 Å². The van der Waals surface area contributed by atoms with Crippen molar-refractivity contribution in [2.24, 2.45) is 0 Å². The van der Waals surface area contributed by atoms with E-state index in [1.165, 1.54) is 0 Å². The van der Waals surface area contributed by atoms with Crippen LogP contribution in [0.5, 0.6) is 0 Å². The SMILES string of the molecule is Cc1noc(Cl)c1CC(=O)Nc1cccc(CN2CCCC2=O)c1. The van der Waals surface area contributed by atoms with Crippen LogP contribution < -0.4 is 5.32 Å². The van der Waals surface area contributed by atoms with E-state index in [0.29, 0.717) is 29.9 Å². The molecule has 2 amide bonds. The number of likely N-dealkylation sites (tertiary alicyclic amines) is 1. The molecular weight excluding hydrogens is 330 g/mol. The fraction of sp³-hybridized carbons (Fsp3) is 0.353. The smallest absolute Gasteiger partial charge is 0.229 e. The first-order chi connectivity index (χ1) is 11.5. The maximum atomic E-state index is 12.2. The molecule has 1 saturated heterocycles. The summed E-state index contributed by atoms with van der Waals surface area (Å²) in [5, 5.41) is 6.71. The van der Waals surface area contributed by atoms with Crippen LogP contribution in [-0.4, -0.2) is 28.4 Å². The van der Waals surface area contributed by atoms with E-state index in [4.69, 9.17) is 16.1 Å². The molecule has 0 saturated carbocycles. The summed E-state index contributed by atoms with van der Waals surface area (Å²) in [5.74, 6) is -0.0142. The van der Waals surface area contributed by atoms with Gasteiger partial charge in [-0.1, -0.05) is 17.3 Å². The lowest BCUT2D eigenvalue weighted by atomic mass is 10.1. The van der Waals surface area contributed by atoms with E-state index >= 15 is 0 Å². The number of rotatable bonds is 5. The summed E-state index contributed by atoms with van der Waals surface area (Å²) < 4.78 is 4.85. The van der Waals surface area contributed by atoms with Crippen LogP contribution in [0.3, 0.4) is 0 Å². The molecule has 0 radical (unpaired) electrons. The summed E-state index contributed by atoms with van der Waals surface area (Å²) in [4.78, 5) is 25.7. The summed E-state index contributed by atoms with van der Waals surface area (Å²) >= 11 is 5.88. The molecule has 7 heteroatoms. The molecule has 1 aliphatic rings. The van der Waals surface area contributed by atoms with E-state index < -0.39 is 0 Å². The maximum absolute atomic E-state index is 12.2. The molecule has 0 atom stereocenters. The number of halogens is 1. The van der Waals surface area contributed by atoms with Gasteiger partial charge in [0, 0.05) is 30.8 Å². The fourth-order valence-corrected chi connectivity index (χ4v) is 3.00. The number of aryl methyl sites for hydroxylation is 1. The summed E-state index contributed by atoms with van der Waals surface area (Å²) in [5.41, 5.74) is 2.88. The summed E-state index contributed by atoms with van der Waals surface area (Å²) in [6, 6.07) is 7.51. The van der Waals surface area contributed by atoms with Crippen molar-refractivity contribution < 1.29 is 14.1 Å². The van der Waals surface area contributed by atoms with Gasteiger partial charge in [-0.05, 0) is 42.6 Å². The lowest BCUT2D eigenvalue weighted by molar-refractivity contribution is -0.128. The van der Waals surface area contributed by atoms with Crippen LogP contribution in [-0.2, 0) is 22.6 Å². The third kappa shape index (κ3) is 3.76. The first-order valence-corrected chi connectivity index (χ1v) is 8.18. The molecule has 24 heavy (non-hydrogen) atoms. The average Bonchev–Trinajstić information content (AvgIpc) is 3.08. The van der Waals surface area contributed by atoms with Crippen molar-refractivity contribution in [1.29, 1.82) is 0 Å². The minimum Gasteiger partial charge on any atom is -0.344 e. The fourth-order valence-electron chi connectivity index (χ4n) is 2.76. The van der Waals surface area contributed by atoms with E-state index in [-0.39, 0.29) is 23.5 Å². The first kappa shape index (κ1) is 16.5. The van der Waals surface area contributed by atoms with Crippen molar-refractivity contribution in [3.63, 3.8) is 0 Å². The van der Waals surface area contributed by atoms with Crippen LogP contribution in [0.2, 0.25) is 5.22 Å². The van der Waals surface area contributed by atoms with Gasteiger partial charge in [0.1, 0.15) is 0 Å². The van der Waals surface area contributed by atoms with Gasteiger partial charge in [0.05, 0.1) is 12.1 Å². The summed E-state index contributed by atoms with van der Waals surface area (Å²) in [6.45, 7) is 3.10. The Balaban J connectivity index is 1.63. The second kappa shape index (κ2) is 7.05. The molecule has 1 N–H and O–H groups in total. The predicted molar refractivity (Wildman–Crippen MR) is 89.7 cm³/mol. The predicted octanol–water partition coefficient (Wildman–Crippen LogP) is 2.94. The topological polar surface area (TPSA) is 75.4 Å². The number of hydrogen-bond acceptors (Lipinski definition) is 4. The van der Waals surface area contributed by atoms with Gasteiger partial charge in [0.25, 0.3) is 0 Å². The summed E-state index contributed by atoms with van der Waals surface area (Å²) in [7, 11) is 0. The number of carbonyl (C=O) groups excluding carboxylic acids is 2. The Morgan fingerprint density at radius 3 is 2.96 bits per heavy atom. The lowest BCUT2D eigenvalue weighted by Crippen LogP contribution is -2.23. The first-order valence-electron chi connectivity index (χ1n) is 7.80. The normalized spacial score (nSPS) is 14.2. The number of benzene rings is 1. The van der Waals surface area contributed by atoms with Gasteiger partial charge < -0.3 is 14.7 Å². The third-order valence-corrected chi connectivity index (χ3v) is 4.33. The van der Waals surface area contributed by atoms with Gasteiger partial charge in [0.15, 0.2) is 0 Å². The van der Waals surface area contributed by atoms with Crippen molar-refractivity contribution in [3.8, 4) is 0 Å². The minimum absolute atomic E-state index is 0.100. The molecular formula is C17H18ClN3O3. The number of nitrogens with one attached hydrogen (secondary N) is 1. The number of carbonyl (C=O) groups is 2. The van der Waals surface area contributed by atoms with Crippen LogP contribution in [0, 0.1) is 6.92 Å². The van der Waals surface area contributed by atoms with Gasteiger partial charge in [-0.25, -0.2) is 0 Å². The minimum atomic E-state index is -0.197. The Morgan fingerprint density at radius 1 is 1.46 bits per heavy atom. The Labute approximate surface area is 144 Å². The van der Waals surface area contributed by atoms with Crippen LogP contribution in [0.4, 0.5) is 5.69 Å². The zero-order valence-corrected chi connectivity index (χ0v) is 14.1. The van der Waals surface area contributed by atoms with Crippen LogP contribution >= 0.6 is 11.6 Å². The molecule has 0 spiro atoms. The van der Waals surface area contributed by atoms with E-state index in [2.05, 4.69) is 10.5 Å². The number of anilines is 1. The molecule has 6 nitrogen and oxygen atoms in total. The standard InChI is InChI=1S/C17H18ClN3O3/c1-11-14(17(18)24-20-11)9-15(22)19-13-5-2-4-12(8-13)10-21-7-3-6-16(21)23/h2,4-5,8H,3,6-7,9-10H2,1H3,(H,19,22). The second-order valence-electron chi connectivity index (χ2n) is 5.86. The number of nitrogens with zero attached hydrogens (tertiary/aromatic N) is 2. The molecule has 1 aromatic heterocycles. The van der Waals surface area contributed by atoms with Gasteiger partial charge in [-0.2, -0.15) is 0 Å². The molecule has 0 bridgehead atoms. The highest BCUT2D eigenvalue weighted by Crippen LogP contribution is 2.21. The molecule has 0 aliphatic carbocycles. The zero-order chi connectivity index (χ0) is 17.1. The highest BCUT2D eigenvalue weighted by atomic mass is 35.5. The van der Waals surface area contributed by atoms with E-state index in [0.717, 1.165) is 18.5 Å². The quantitative estimate of drug-likeness (QED) is 0.902. The van der Waals surface area contributed by atoms with Gasteiger partial charge >= 0.3 is 0 Å². The Bertz CT molecular complexity index is 753. The van der Waals surface area contributed by atoms with Gasteiger partial charge in [0.2, 0.25) is 17.0 Å². The monoisotopic (exact) mass is 347 g/mol. The molecule has 1 aliphatic heterocycles. The van der Waals surface area contributed by atoms with Crippen LogP contribution in [0.25, 0.3) is 0 Å². The number of aromatic nitrogens is 1. The van der Waals surface area contributed by atoms with Gasteiger partial charge in [-0.3, -0.25) is 9.59 Å². The largest absolute Gasteiger partial charge is 0.344 e.